The molecule has 0 heterocycles. The van der Waals surface area contributed by atoms with Crippen LogP contribution in [0.15, 0.2) is 24.3 Å². The SMILES string of the molecule is [C]#Cc1ccc(C(=O)N(C)C(CC(C)C)C(=O)O)cc1. The van der Waals surface area contributed by atoms with Gasteiger partial charge in [-0.15, -0.1) is 0 Å². The Morgan fingerprint density at radius 2 is 1.85 bits per heavy atom. The highest BCUT2D eigenvalue weighted by Crippen LogP contribution is 2.14. The molecule has 0 bridgehead atoms. The number of hydrogen-bond acceptors (Lipinski definition) is 2. The van der Waals surface area contributed by atoms with Gasteiger partial charge in [-0.25, -0.2) is 4.79 Å². The van der Waals surface area contributed by atoms with E-state index in [4.69, 9.17) is 6.42 Å². The molecule has 0 spiro atoms. The number of benzene rings is 1. The van der Waals surface area contributed by atoms with Gasteiger partial charge in [-0.2, -0.15) is 0 Å². The molecule has 1 amide bonds. The van der Waals surface area contributed by atoms with Gasteiger partial charge >= 0.3 is 5.97 Å². The number of carboxylic acid groups (broad SMARTS) is 1. The van der Waals surface area contributed by atoms with Crippen molar-refractivity contribution in [2.45, 2.75) is 26.3 Å². The maximum Gasteiger partial charge on any atom is 0.326 e. The number of carbonyl (C=O) groups is 2. The number of rotatable bonds is 5. The molecule has 0 aliphatic rings. The zero-order valence-electron chi connectivity index (χ0n) is 11.9. The number of hydrogen-bond donors (Lipinski definition) is 1. The second-order valence-corrected chi connectivity index (χ2v) is 5.10. The molecule has 1 aromatic carbocycles. The molecule has 0 saturated carbocycles. The van der Waals surface area contributed by atoms with Crippen molar-refractivity contribution in [1.29, 1.82) is 0 Å². The molecule has 0 fully saturated rings. The molecule has 105 valence electrons. The van der Waals surface area contributed by atoms with E-state index in [9.17, 15) is 14.7 Å². The fourth-order valence-corrected chi connectivity index (χ4v) is 1.91. The molecule has 20 heavy (non-hydrogen) atoms. The summed E-state index contributed by atoms with van der Waals surface area (Å²) in [6.45, 7) is 3.84. The van der Waals surface area contributed by atoms with Crippen LogP contribution < -0.4 is 0 Å². The van der Waals surface area contributed by atoms with Crippen LogP contribution in [0.2, 0.25) is 0 Å². The van der Waals surface area contributed by atoms with Gasteiger partial charge in [-0.3, -0.25) is 4.79 Å². The van der Waals surface area contributed by atoms with Crippen LogP contribution in [-0.4, -0.2) is 35.0 Å². The summed E-state index contributed by atoms with van der Waals surface area (Å²) in [5.41, 5.74) is 0.975. The van der Waals surface area contributed by atoms with Crippen molar-refractivity contribution in [2.24, 2.45) is 5.92 Å². The fraction of sp³-hybridized carbons (Fsp3) is 0.375. The molecule has 4 heteroatoms. The Kier molecular flexibility index (Phi) is 5.33. The van der Waals surface area contributed by atoms with Gasteiger partial charge in [0.25, 0.3) is 5.91 Å². The molecule has 1 N–H and O–H groups in total. The van der Waals surface area contributed by atoms with Crippen LogP contribution in [0.5, 0.6) is 0 Å². The number of carbonyl (C=O) groups excluding carboxylic acids is 1. The second-order valence-electron chi connectivity index (χ2n) is 5.10. The smallest absolute Gasteiger partial charge is 0.326 e. The molecule has 0 aromatic heterocycles. The standard InChI is InChI=1S/C16H18NO3/c1-5-12-6-8-13(9-7-12)15(18)17(4)14(16(19)20)10-11(2)3/h6-9,11,14H,10H2,2-4H3,(H,19,20). The molecular formula is C16H18NO3. The van der Waals surface area contributed by atoms with E-state index in [-0.39, 0.29) is 11.8 Å². The Labute approximate surface area is 119 Å². The van der Waals surface area contributed by atoms with Crippen molar-refractivity contribution in [2.75, 3.05) is 7.05 Å². The topological polar surface area (TPSA) is 57.6 Å². The third-order valence-electron chi connectivity index (χ3n) is 3.04. The van der Waals surface area contributed by atoms with Crippen molar-refractivity contribution in [3.05, 3.63) is 41.8 Å². The van der Waals surface area contributed by atoms with Crippen LogP contribution in [0.25, 0.3) is 0 Å². The molecule has 1 radical (unpaired) electrons. The van der Waals surface area contributed by atoms with Crippen LogP contribution in [-0.2, 0) is 4.79 Å². The predicted octanol–water partition coefficient (Wildman–Crippen LogP) is 2.20. The minimum atomic E-state index is -1.00. The van der Waals surface area contributed by atoms with Crippen molar-refractivity contribution in [1.82, 2.24) is 4.90 Å². The van der Waals surface area contributed by atoms with Crippen molar-refractivity contribution >= 4 is 11.9 Å². The van der Waals surface area contributed by atoms with Gasteiger partial charge in [0.1, 0.15) is 6.04 Å². The third-order valence-corrected chi connectivity index (χ3v) is 3.04. The lowest BCUT2D eigenvalue weighted by molar-refractivity contribution is -0.142. The zero-order valence-corrected chi connectivity index (χ0v) is 11.9. The molecule has 0 aliphatic heterocycles. The van der Waals surface area contributed by atoms with E-state index in [1.807, 2.05) is 13.8 Å². The van der Waals surface area contributed by atoms with Crippen molar-refractivity contribution < 1.29 is 14.7 Å². The van der Waals surface area contributed by atoms with Gasteiger partial charge in [-0.1, -0.05) is 19.8 Å². The molecule has 1 rings (SSSR count). The highest BCUT2D eigenvalue weighted by Gasteiger charge is 2.27. The Balaban J connectivity index is 2.93. The van der Waals surface area contributed by atoms with E-state index < -0.39 is 12.0 Å². The Bertz CT molecular complexity index is 526. The number of likely N-dealkylation sites (N-methyl/N-ethyl adjacent to an activating group) is 1. The Morgan fingerprint density at radius 1 is 1.30 bits per heavy atom. The largest absolute Gasteiger partial charge is 0.480 e. The quantitative estimate of drug-likeness (QED) is 0.836. The first-order valence-corrected chi connectivity index (χ1v) is 6.39. The van der Waals surface area contributed by atoms with Gasteiger partial charge in [-0.05, 0) is 43.0 Å². The van der Waals surface area contributed by atoms with Crippen LogP contribution in [0, 0.1) is 18.3 Å². The number of nitrogens with zero attached hydrogens (tertiary/aromatic N) is 1. The molecule has 1 atom stereocenters. The Morgan fingerprint density at radius 3 is 2.25 bits per heavy atom. The summed E-state index contributed by atoms with van der Waals surface area (Å²) in [5.74, 6) is 1.06. The molecule has 0 aliphatic carbocycles. The average molecular weight is 272 g/mol. The van der Waals surface area contributed by atoms with Crippen LogP contribution in [0.3, 0.4) is 0 Å². The summed E-state index contributed by atoms with van der Waals surface area (Å²) in [7, 11) is 1.50. The monoisotopic (exact) mass is 272 g/mol. The molecule has 1 unspecified atom stereocenters. The van der Waals surface area contributed by atoms with E-state index in [2.05, 4.69) is 5.92 Å². The van der Waals surface area contributed by atoms with Crippen LogP contribution in [0.1, 0.15) is 36.2 Å². The van der Waals surface area contributed by atoms with E-state index in [1.165, 1.54) is 11.9 Å². The van der Waals surface area contributed by atoms with Crippen LogP contribution >= 0.6 is 0 Å². The maximum absolute atomic E-state index is 12.3. The minimum absolute atomic E-state index is 0.182. The first kappa shape index (κ1) is 15.8. The van der Waals surface area contributed by atoms with Gasteiger partial charge in [0.05, 0.1) is 0 Å². The van der Waals surface area contributed by atoms with Gasteiger partial charge < -0.3 is 10.0 Å². The second kappa shape index (κ2) is 6.76. The molecular weight excluding hydrogens is 254 g/mol. The lowest BCUT2D eigenvalue weighted by atomic mass is 10.0. The fourth-order valence-electron chi connectivity index (χ4n) is 1.91. The van der Waals surface area contributed by atoms with E-state index >= 15 is 0 Å². The highest BCUT2D eigenvalue weighted by atomic mass is 16.4. The first-order valence-electron chi connectivity index (χ1n) is 6.39. The lowest BCUT2D eigenvalue weighted by Crippen LogP contribution is -2.43. The molecule has 1 aromatic rings. The maximum atomic E-state index is 12.3. The normalized spacial score (nSPS) is 11.8. The van der Waals surface area contributed by atoms with Crippen molar-refractivity contribution in [3.8, 4) is 5.92 Å². The number of amides is 1. The lowest BCUT2D eigenvalue weighted by Gasteiger charge is -2.26. The summed E-state index contributed by atoms with van der Waals surface area (Å²) in [6.07, 6.45) is 7.39. The predicted molar refractivity (Wildman–Crippen MR) is 75.6 cm³/mol. The summed E-state index contributed by atoms with van der Waals surface area (Å²) in [4.78, 5) is 24.8. The summed E-state index contributed by atoms with van der Waals surface area (Å²) < 4.78 is 0. The van der Waals surface area contributed by atoms with E-state index in [0.29, 0.717) is 17.5 Å². The van der Waals surface area contributed by atoms with E-state index in [1.54, 1.807) is 24.3 Å². The highest BCUT2D eigenvalue weighted by molar-refractivity contribution is 5.96. The molecule has 4 nitrogen and oxygen atoms in total. The third kappa shape index (κ3) is 3.86. The summed E-state index contributed by atoms with van der Waals surface area (Å²) in [6, 6.07) is 5.52. The van der Waals surface area contributed by atoms with Gasteiger partial charge in [0, 0.05) is 18.2 Å². The summed E-state index contributed by atoms with van der Waals surface area (Å²) in [5, 5.41) is 9.24. The van der Waals surface area contributed by atoms with Crippen LogP contribution in [0.4, 0.5) is 0 Å². The average Bonchev–Trinajstić information content (AvgIpc) is 2.43. The minimum Gasteiger partial charge on any atom is -0.480 e. The van der Waals surface area contributed by atoms with Crippen molar-refractivity contribution in [3.63, 3.8) is 0 Å². The zero-order chi connectivity index (χ0) is 15.3. The van der Waals surface area contributed by atoms with Gasteiger partial charge in [0.2, 0.25) is 0 Å². The summed E-state index contributed by atoms with van der Waals surface area (Å²) >= 11 is 0. The number of aliphatic carboxylic acids is 1. The van der Waals surface area contributed by atoms with Gasteiger partial charge in [0.15, 0.2) is 0 Å². The molecule has 0 saturated heterocycles. The van der Waals surface area contributed by atoms with E-state index in [0.717, 1.165) is 0 Å². The Hall–Kier alpha value is -2.28. The number of carboxylic acids is 1. The first-order chi connectivity index (χ1) is 9.36.